The predicted octanol–water partition coefficient (Wildman–Crippen LogP) is 0.954. The maximum absolute atomic E-state index is 11.5. The van der Waals surface area contributed by atoms with Crippen LogP contribution in [0.25, 0.3) is 0 Å². The Morgan fingerprint density at radius 1 is 1.32 bits per heavy atom. The van der Waals surface area contributed by atoms with Gasteiger partial charge in [-0.2, -0.15) is 0 Å². The number of aliphatic imine (C=N–C) groups is 1. The van der Waals surface area contributed by atoms with Crippen molar-refractivity contribution in [2.75, 3.05) is 38.8 Å². The summed E-state index contributed by atoms with van der Waals surface area (Å²) in [4.78, 5) is 4.13. The molecule has 0 aromatic heterocycles. The van der Waals surface area contributed by atoms with Crippen molar-refractivity contribution < 1.29 is 17.9 Å². The zero-order valence-corrected chi connectivity index (χ0v) is 15.6. The fourth-order valence-electron chi connectivity index (χ4n) is 2.59. The molecule has 0 amide bonds. The number of hydrogen-bond acceptors (Lipinski definition) is 5. The van der Waals surface area contributed by atoms with Crippen molar-refractivity contribution in [3.8, 4) is 5.75 Å². The number of sulfone groups is 1. The van der Waals surface area contributed by atoms with Crippen LogP contribution in [0.15, 0.2) is 29.3 Å². The molecule has 2 N–H and O–H groups in total. The molecular formula is C17H27N3O4S. The van der Waals surface area contributed by atoms with Crippen molar-refractivity contribution in [1.82, 2.24) is 10.6 Å². The van der Waals surface area contributed by atoms with Crippen molar-refractivity contribution in [2.24, 2.45) is 4.99 Å². The van der Waals surface area contributed by atoms with Gasteiger partial charge in [0, 0.05) is 26.2 Å². The molecule has 0 bridgehead atoms. The summed E-state index contributed by atoms with van der Waals surface area (Å²) in [5.74, 6) is 1.90. The monoisotopic (exact) mass is 369 g/mol. The minimum atomic E-state index is -2.89. The second-order valence-corrected chi connectivity index (χ2v) is 8.23. The zero-order valence-electron chi connectivity index (χ0n) is 14.8. The minimum absolute atomic E-state index is 0.0532. The summed E-state index contributed by atoms with van der Waals surface area (Å²) in [7, 11) is 0.439. The number of nitrogens with zero attached hydrogens (tertiary/aromatic N) is 1. The van der Waals surface area contributed by atoms with Gasteiger partial charge < -0.3 is 20.1 Å². The lowest BCUT2D eigenvalue weighted by molar-refractivity contribution is 0.119. The van der Waals surface area contributed by atoms with Crippen LogP contribution in [0.5, 0.6) is 5.75 Å². The number of ether oxygens (including phenoxy) is 2. The van der Waals surface area contributed by atoms with Gasteiger partial charge in [-0.3, -0.25) is 4.99 Å². The Bertz CT molecular complexity index is 659. The van der Waals surface area contributed by atoms with Gasteiger partial charge in [0.25, 0.3) is 0 Å². The topological polar surface area (TPSA) is 89.0 Å². The molecule has 1 heterocycles. The molecule has 1 aromatic rings. The van der Waals surface area contributed by atoms with Gasteiger partial charge in [0.15, 0.2) is 15.8 Å². The first-order chi connectivity index (χ1) is 12.0. The van der Waals surface area contributed by atoms with E-state index < -0.39 is 9.84 Å². The van der Waals surface area contributed by atoms with Gasteiger partial charge in [-0.05, 0) is 30.5 Å². The Kier molecular flexibility index (Phi) is 7.52. The van der Waals surface area contributed by atoms with E-state index in [1.807, 2.05) is 24.3 Å². The SMILES string of the molecule is CN=C(NCCCOCc1ccc(OC)cc1)NC1CCS(=O)(=O)C1. The first kappa shape index (κ1) is 19.5. The van der Waals surface area contributed by atoms with Gasteiger partial charge in [0.05, 0.1) is 25.2 Å². The molecule has 1 aliphatic heterocycles. The largest absolute Gasteiger partial charge is 0.497 e. The van der Waals surface area contributed by atoms with Gasteiger partial charge in [0.2, 0.25) is 0 Å². The molecule has 2 rings (SSSR count). The van der Waals surface area contributed by atoms with Crippen LogP contribution in [-0.4, -0.2) is 59.2 Å². The van der Waals surface area contributed by atoms with E-state index >= 15 is 0 Å². The fourth-order valence-corrected chi connectivity index (χ4v) is 4.26. The summed E-state index contributed by atoms with van der Waals surface area (Å²) in [6, 6.07) is 7.75. The van der Waals surface area contributed by atoms with Crippen LogP contribution in [-0.2, 0) is 21.2 Å². The van der Waals surface area contributed by atoms with E-state index in [0.29, 0.717) is 32.1 Å². The quantitative estimate of drug-likeness (QED) is 0.403. The van der Waals surface area contributed by atoms with Gasteiger partial charge in [-0.25, -0.2) is 8.42 Å². The maximum Gasteiger partial charge on any atom is 0.191 e. The molecular weight excluding hydrogens is 342 g/mol. The molecule has 0 radical (unpaired) electrons. The van der Waals surface area contributed by atoms with E-state index in [9.17, 15) is 8.42 Å². The lowest BCUT2D eigenvalue weighted by atomic mass is 10.2. The maximum atomic E-state index is 11.5. The highest BCUT2D eigenvalue weighted by Gasteiger charge is 2.28. The lowest BCUT2D eigenvalue weighted by Gasteiger charge is -2.16. The Morgan fingerprint density at radius 2 is 2.08 bits per heavy atom. The fraction of sp³-hybridized carbons (Fsp3) is 0.588. The van der Waals surface area contributed by atoms with E-state index in [1.165, 1.54) is 0 Å². The minimum Gasteiger partial charge on any atom is -0.497 e. The summed E-state index contributed by atoms with van der Waals surface area (Å²) in [5.41, 5.74) is 1.11. The number of guanidine groups is 1. The van der Waals surface area contributed by atoms with Crippen molar-refractivity contribution in [3.05, 3.63) is 29.8 Å². The molecule has 25 heavy (non-hydrogen) atoms. The number of rotatable bonds is 8. The van der Waals surface area contributed by atoms with Crippen LogP contribution in [0.4, 0.5) is 0 Å². The Hall–Kier alpha value is -1.80. The molecule has 1 fully saturated rings. The van der Waals surface area contributed by atoms with E-state index in [4.69, 9.17) is 9.47 Å². The second-order valence-electron chi connectivity index (χ2n) is 6.00. The van der Waals surface area contributed by atoms with E-state index in [2.05, 4.69) is 15.6 Å². The van der Waals surface area contributed by atoms with Crippen LogP contribution >= 0.6 is 0 Å². The summed E-state index contributed by atoms with van der Waals surface area (Å²) in [6.45, 7) is 1.91. The first-order valence-electron chi connectivity index (χ1n) is 8.40. The molecule has 0 saturated carbocycles. The normalized spacial score (nSPS) is 19.6. The van der Waals surface area contributed by atoms with Crippen molar-refractivity contribution >= 4 is 15.8 Å². The van der Waals surface area contributed by atoms with Crippen LogP contribution < -0.4 is 15.4 Å². The standard InChI is InChI=1S/C17H27N3O4S/c1-18-17(20-15-8-11-25(21,22)13-15)19-9-3-10-24-12-14-4-6-16(23-2)7-5-14/h4-7,15H,3,8-13H2,1-2H3,(H2,18,19,20). The summed E-state index contributed by atoms with van der Waals surface area (Å²) in [5, 5.41) is 6.34. The summed E-state index contributed by atoms with van der Waals surface area (Å²) >= 11 is 0. The lowest BCUT2D eigenvalue weighted by Crippen LogP contribution is -2.44. The molecule has 1 aliphatic rings. The Morgan fingerprint density at radius 3 is 2.68 bits per heavy atom. The van der Waals surface area contributed by atoms with E-state index in [1.54, 1.807) is 14.2 Å². The summed E-state index contributed by atoms with van der Waals surface area (Å²) < 4.78 is 33.7. The number of methoxy groups -OCH3 is 1. The number of benzene rings is 1. The zero-order chi connectivity index (χ0) is 18.1. The molecule has 1 aromatic carbocycles. The first-order valence-corrected chi connectivity index (χ1v) is 10.2. The van der Waals surface area contributed by atoms with Crippen LogP contribution in [0, 0.1) is 0 Å². The molecule has 140 valence electrons. The molecule has 1 atom stereocenters. The third-order valence-electron chi connectivity index (χ3n) is 3.98. The average molecular weight is 369 g/mol. The molecule has 7 nitrogen and oxygen atoms in total. The molecule has 0 spiro atoms. The van der Waals surface area contributed by atoms with Crippen LogP contribution in [0.2, 0.25) is 0 Å². The Labute approximate surface area is 149 Å². The molecule has 1 saturated heterocycles. The van der Waals surface area contributed by atoms with Crippen molar-refractivity contribution in [3.63, 3.8) is 0 Å². The molecule has 0 aliphatic carbocycles. The van der Waals surface area contributed by atoms with Gasteiger partial charge in [-0.1, -0.05) is 12.1 Å². The average Bonchev–Trinajstić information content (AvgIpc) is 2.95. The van der Waals surface area contributed by atoms with Gasteiger partial charge in [-0.15, -0.1) is 0 Å². The third-order valence-corrected chi connectivity index (χ3v) is 5.75. The van der Waals surface area contributed by atoms with Gasteiger partial charge >= 0.3 is 0 Å². The Balaban J connectivity index is 1.58. The predicted molar refractivity (Wildman–Crippen MR) is 98.8 cm³/mol. The number of hydrogen-bond donors (Lipinski definition) is 2. The van der Waals surface area contributed by atoms with Crippen molar-refractivity contribution in [1.29, 1.82) is 0 Å². The van der Waals surface area contributed by atoms with Crippen LogP contribution in [0.3, 0.4) is 0 Å². The van der Waals surface area contributed by atoms with E-state index in [-0.39, 0.29) is 17.5 Å². The third kappa shape index (κ3) is 6.91. The highest BCUT2D eigenvalue weighted by molar-refractivity contribution is 7.91. The summed E-state index contributed by atoms with van der Waals surface area (Å²) in [6.07, 6.45) is 1.47. The van der Waals surface area contributed by atoms with E-state index in [0.717, 1.165) is 17.7 Å². The highest BCUT2D eigenvalue weighted by atomic mass is 32.2. The smallest absolute Gasteiger partial charge is 0.191 e. The number of nitrogens with one attached hydrogen (secondary N) is 2. The van der Waals surface area contributed by atoms with Crippen LogP contribution in [0.1, 0.15) is 18.4 Å². The van der Waals surface area contributed by atoms with Gasteiger partial charge in [0.1, 0.15) is 5.75 Å². The highest BCUT2D eigenvalue weighted by Crippen LogP contribution is 2.12. The molecule has 1 unspecified atom stereocenters. The second kappa shape index (κ2) is 9.62. The van der Waals surface area contributed by atoms with Crippen molar-refractivity contribution in [2.45, 2.75) is 25.5 Å². The molecule has 8 heteroatoms.